The van der Waals surface area contributed by atoms with E-state index in [1.165, 1.54) is 0 Å². The highest BCUT2D eigenvalue weighted by Crippen LogP contribution is 2.36. The molecule has 0 saturated heterocycles. The summed E-state index contributed by atoms with van der Waals surface area (Å²) < 4.78 is 13.6. The van der Waals surface area contributed by atoms with Gasteiger partial charge in [0.25, 0.3) is 0 Å². The zero-order chi connectivity index (χ0) is 22.8. The number of nitrogens with zero attached hydrogens (tertiary/aromatic N) is 1. The molecule has 4 nitrogen and oxygen atoms in total. The summed E-state index contributed by atoms with van der Waals surface area (Å²) in [5, 5.41) is 0.964. The highest BCUT2D eigenvalue weighted by atomic mass is 79.9. The third kappa shape index (κ3) is 5.46. The number of carbonyl (C=O) groups is 1. The number of benzene rings is 3. The number of aliphatic imine (C=N–C) groups is 1. The zero-order valence-electron chi connectivity index (χ0n) is 16.0. The summed E-state index contributed by atoms with van der Waals surface area (Å²) in [6.07, 6.45) is 1.66. The summed E-state index contributed by atoms with van der Waals surface area (Å²) in [6, 6.07) is 16.4. The number of halogens is 5. The summed E-state index contributed by atoms with van der Waals surface area (Å²) >= 11 is 22.5. The molecule has 0 atom stereocenters. The van der Waals surface area contributed by atoms with Crippen LogP contribution in [-0.4, -0.2) is 11.9 Å². The van der Waals surface area contributed by atoms with Crippen molar-refractivity contribution in [2.45, 2.75) is 6.61 Å². The topological polar surface area (TPSA) is 47.9 Å². The Labute approximate surface area is 219 Å². The predicted molar refractivity (Wildman–Crippen MR) is 137 cm³/mol. The molecule has 32 heavy (non-hydrogen) atoms. The molecule has 162 valence electrons. The predicted octanol–water partition coefficient (Wildman–Crippen LogP) is 8.20. The van der Waals surface area contributed by atoms with Gasteiger partial charge in [0.05, 0.1) is 19.0 Å². The Morgan fingerprint density at radius 1 is 0.938 bits per heavy atom. The monoisotopic (exact) mass is 657 g/mol. The van der Waals surface area contributed by atoms with Crippen molar-refractivity contribution in [2.75, 3.05) is 0 Å². The van der Waals surface area contributed by atoms with Gasteiger partial charge in [0, 0.05) is 10.0 Å². The van der Waals surface area contributed by atoms with Crippen LogP contribution in [0.5, 0.6) is 5.75 Å². The van der Waals surface area contributed by atoms with Crippen LogP contribution in [0.25, 0.3) is 6.08 Å². The standard InChI is InChI=1S/C23H12Br3Cl2NO3/c24-15-4-2-14(3-5-15)22-29-20(23(30)32-22)10-13-7-16(25)21(17(26)8-13)31-11-12-1-6-18(27)19(28)9-12/h1-10H,11H2/b20-10-. The van der Waals surface area contributed by atoms with Crippen molar-refractivity contribution >= 4 is 88.9 Å². The number of rotatable bonds is 5. The Balaban J connectivity index is 1.54. The summed E-state index contributed by atoms with van der Waals surface area (Å²) in [6.45, 7) is 0.307. The third-order valence-corrected chi connectivity index (χ3v) is 6.85. The molecule has 0 aromatic heterocycles. The fraction of sp³-hybridized carbons (Fsp3) is 0.0435. The molecule has 0 bridgehead atoms. The second-order valence-corrected chi connectivity index (χ2v) is 10.1. The highest BCUT2D eigenvalue weighted by Gasteiger charge is 2.24. The van der Waals surface area contributed by atoms with Gasteiger partial charge in [-0.05, 0) is 97.6 Å². The quantitative estimate of drug-likeness (QED) is 0.205. The van der Waals surface area contributed by atoms with Gasteiger partial charge in [0.15, 0.2) is 5.70 Å². The van der Waals surface area contributed by atoms with Crippen LogP contribution in [0.15, 0.2) is 78.7 Å². The molecule has 1 aliphatic heterocycles. The maximum atomic E-state index is 12.3. The molecule has 0 spiro atoms. The summed E-state index contributed by atoms with van der Waals surface area (Å²) in [5.41, 5.74) is 2.57. The third-order valence-electron chi connectivity index (χ3n) is 4.40. The molecule has 3 aromatic carbocycles. The number of ether oxygens (including phenoxy) is 2. The molecule has 0 fully saturated rings. The van der Waals surface area contributed by atoms with Gasteiger partial charge in [-0.1, -0.05) is 45.2 Å². The second kappa shape index (κ2) is 10.1. The number of hydrogen-bond acceptors (Lipinski definition) is 4. The van der Waals surface area contributed by atoms with Crippen molar-refractivity contribution < 1.29 is 14.3 Å². The van der Waals surface area contributed by atoms with E-state index in [2.05, 4.69) is 52.8 Å². The van der Waals surface area contributed by atoms with Gasteiger partial charge in [-0.25, -0.2) is 9.79 Å². The van der Waals surface area contributed by atoms with Gasteiger partial charge in [0.2, 0.25) is 5.90 Å². The van der Waals surface area contributed by atoms with E-state index in [9.17, 15) is 4.79 Å². The first-order chi connectivity index (χ1) is 15.3. The van der Waals surface area contributed by atoms with E-state index in [1.54, 1.807) is 18.2 Å². The maximum Gasteiger partial charge on any atom is 0.363 e. The largest absolute Gasteiger partial charge is 0.487 e. The first kappa shape index (κ1) is 23.5. The molecule has 1 heterocycles. The minimum Gasteiger partial charge on any atom is -0.487 e. The van der Waals surface area contributed by atoms with Gasteiger partial charge in [-0.2, -0.15) is 0 Å². The molecule has 3 aromatic rings. The minimum atomic E-state index is -0.505. The molecule has 0 N–H and O–H groups in total. The van der Waals surface area contributed by atoms with Crippen molar-refractivity contribution in [1.82, 2.24) is 0 Å². The molecule has 1 aliphatic rings. The average molecular weight is 661 g/mol. The van der Waals surface area contributed by atoms with E-state index in [1.807, 2.05) is 42.5 Å². The van der Waals surface area contributed by atoms with E-state index in [0.717, 1.165) is 21.2 Å². The van der Waals surface area contributed by atoms with Gasteiger partial charge in [-0.15, -0.1) is 0 Å². The van der Waals surface area contributed by atoms with E-state index >= 15 is 0 Å². The average Bonchev–Trinajstić information content (AvgIpc) is 3.10. The van der Waals surface area contributed by atoms with Crippen molar-refractivity contribution in [3.8, 4) is 5.75 Å². The molecule has 0 aliphatic carbocycles. The summed E-state index contributed by atoms with van der Waals surface area (Å²) in [5.74, 6) is 0.384. The Hall–Kier alpha value is -1.64. The van der Waals surface area contributed by atoms with Crippen molar-refractivity contribution in [3.63, 3.8) is 0 Å². The molecular weight excluding hydrogens is 649 g/mol. The Bertz CT molecular complexity index is 1250. The Morgan fingerprint density at radius 2 is 1.62 bits per heavy atom. The number of esters is 1. The number of hydrogen-bond donors (Lipinski definition) is 0. The van der Waals surface area contributed by atoms with Crippen LogP contribution in [-0.2, 0) is 16.1 Å². The van der Waals surface area contributed by atoms with Gasteiger partial charge in [0.1, 0.15) is 12.4 Å². The second-order valence-electron chi connectivity index (χ2n) is 6.69. The fourth-order valence-corrected chi connectivity index (χ4v) is 4.90. The maximum absolute atomic E-state index is 12.3. The van der Waals surface area contributed by atoms with E-state index < -0.39 is 5.97 Å². The summed E-state index contributed by atoms with van der Waals surface area (Å²) in [7, 11) is 0. The lowest BCUT2D eigenvalue weighted by molar-refractivity contribution is -0.129. The summed E-state index contributed by atoms with van der Waals surface area (Å²) in [4.78, 5) is 16.6. The van der Waals surface area contributed by atoms with E-state index in [4.69, 9.17) is 32.7 Å². The van der Waals surface area contributed by atoms with E-state index in [0.29, 0.717) is 31.3 Å². The van der Waals surface area contributed by atoms with Crippen LogP contribution < -0.4 is 4.74 Å². The molecule has 0 saturated carbocycles. The molecular formula is C23H12Br3Cl2NO3. The fourth-order valence-electron chi connectivity index (χ4n) is 2.87. The van der Waals surface area contributed by atoms with Crippen LogP contribution in [0.1, 0.15) is 16.7 Å². The van der Waals surface area contributed by atoms with Crippen molar-refractivity contribution in [2.24, 2.45) is 4.99 Å². The Morgan fingerprint density at radius 3 is 2.28 bits per heavy atom. The number of carbonyl (C=O) groups excluding carboxylic acids is 1. The normalized spacial score (nSPS) is 14.5. The van der Waals surface area contributed by atoms with Gasteiger partial charge < -0.3 is 9.47 Å². The van der Waals surface area contributed by atoms with Gasteiger partial charge >= 0.3 is 5.97 Å². The lowest BCUT2D eigenvalue weighted by atomic mass is 10.2. The van der Waals surface area contributed by atoms with E-state index in [-0.39, 0.29) is 11.6 Å². The highest BCUT2D eigenvalue weighted by molar-refractivity contribution is 9.11. The van der Waals surface area contributed by atoms with Crippen molar-refractivity contribution in [1.29, 1.82) is 0 Å². The number of cyclic esters (lactones) is 1. The molecule has 0 unspecified atom stereocenters. The Kier molecular flexibility index (Phi) is 7.42. The van der Waals surface area contributed by atoms with Crippen LogP contribution >= 0.6 is 71.0 Å². The first-order valence-corrected chi connectivity index (χ1v) is 12.3. The molecule has 0 radical (unpaired) electrons. The van der Waals surface area contributed by atoms with Gasteiger partial charge in [-0.3, -0.25) is 0 Å². The first-order valence-electron chi connectivity index (χ1n) is 9.14. The lowest BCUT2D eigenvalue weighted by Gasteiger charge is -2.12. The van der Waals surface area contributed by atoms with Crippen LogP contribution in [0.2, 0.25) is 10.0 Å². The van der Waals surface area contributed by atoms with Crippen LogP contribution in [0.4, 0.5) is 0 Å². The van der Waals surface area contributed by atoms with Crippen LogP contribution in [0.3, 0.4) is 0 Å². The lowest BCUT2D eigenvalue weighted by Crippen LogP contribution is -2.05. The SMILES string of the molecule is O=C1OC(c2ccc(Br)cc2)=N/C1=C\c1cc(Br)c(OCc2ccc(Cl)c(Cl)c2)c(Br)c1. The van der Waals surface area contributed by atoms with Crippen molar-refractivity contribution in [3.05, 3.63) is 100 Å². The smallest absolute Gasteiger partial charge is 0.363 e. The zero-order valence-corrected chi connectivity index (χ0v) is 22.3. The molecule has 4 rings (SSSR count). The molecule has 9 heteroatoms. The van der Waals surface area contributed by atoms with Crippen LogP contribution in [0, 0.1) is 0 Å². The molecule has 0 amide bonds. The minimum absolute atomic E-state index is 0.214.